The molecule has 0 aromatic heterocycles. The fourth-order valence-electron chi connectivity index (χ4n) is 1.34. The highest BCUT2D eigenvalue weighted by atomic mass is 32.2. The summed E-state index contributed by atoms with van der Waals surface area (Å²) in [4.78, 5) is 0. The van der Waals surface area contributed by atoms with Crippen molar-refractivity contribution in [3.05, 3.63) is 0 Å². The largest absolute Gasteiger partial charge is 0.330 e. The van der Waals surface area contributed by atoms with E-state index in [4.69, 9.17) is 5.73 Å². The Morgan fingerprint density at radius 2 is 1.75 bits per heavy atom. The van der Waals surface area contributed by atoms with Gasteiger partial charge in [0.05, 0.1) is 0 Å². The van der Waals surface area contributed by atoms with Crippen molar-refractivity contribution in [2.45, 2.75) is 52.6 Å². The molecule has 5 nitrogen and oxygen atoms in total. The van der Waals surface area contributed by atoms with Gasteiger partial charge in [-0.15, -0.1) is 0 Å². The molecule has 0 amide bonds. The summed E-state index contributed by atoms with van der Waals surface area (Å²) in [5.41, 5.74) is 4.98. The summed E-state index contributed by atoms with van der Waals surface area (Å²) in [6.07, 6.45) is 0.642. The normalized spacial score (nSPS) is 15.4. The lowest BCUT2D eigenvalue weighted by Crippen LogP contribution is -2.51. The summed E-state index contributed by atoms with van der Waals surface area (Å²) in [6.45, 7) is 9.83. The van der Waals surface area contributed by atoms with Gasteiger partial charge in [-0.1, -0.05) is 13.8 Å². The minimum absolute atomic E-state index is 0.121. The Hall–Kier alpha value is -0.170. The molecule has 0 bridgehead atoms. The number of hydrogen-bond acceptors (Lipinski definition) is 3. The maximum absolute atomic E-state index is 11.8. The molecule has 0 aliphatic heterocycles. The molecule has 0 fully saturated rings. The van der Waals surface area contributed by atoms with Crippen LogP contribution in [0.1, 0.15) is 41.0 Å². The molecule has 0 aromatic carbocycles. The maximum Gasteiger partial charge on any atom is 0.277 e. The summed E-state index contributed by atoms with van der Waals surface area (Å²) < 4.78 is 28.7. The predicted octanol–water partition coefficient (Wildman–Crippen LogP) is 0.582. The second-order valence-corrected chi connectivity index (χ2v) is 6.85. The number of hydrogen-bond donors (Lipinski definition) is 3. The molecule has 0 saturated heterocycles. The minimum Gasteiger partial charge on any atom is -0.330 e. The van der Waals surface area contributed by atoms with Gasteiger partial charge in [0.25, 0.3) is 10.2 Å². The molecule has 0 heterocycles. The lowest BCUT2D eigenvalue weighted by atomic mass is 10.0. The van der Waals surface area contributed by atoms with Crippen molar-refractivity contribution >= 4 is 10.2 Å². The van der Waals surface area contributed by atoms with Crippen molar-refractivity contribution in [2.75, 3.05) is 6.54 Å². The van der Waals surface area contributed by atoms with Crippen LogP contribution in [0.15, 0.2) is 0 Å². The lowest BCUT2D eigenvalue weighted by Gasteiger charge is -2.26. The third-order valence-corrected chi connectivity index (χ3v) is 3.52. The molecule has 16 heavy (non-hydrogen) atoms. The monoisotopic (exact) mass is 251 g/mol. The van der Waals surface area contributed by atoms with Crippen LogP contribution in [0.5, 0.6) is 0 Å². The van der Waals surface area contributed by atoms with Gasteiger partial charge in [0, 0.05) is 11.6 Å². The van der Waals surface area contributed by atoms with E-state index in [0.29, 0.717) is 13.0 Å². The van der Waals surface area contributed by atoms with Crippen LogP contribution in [0.25, 0.3) is 0 Å². The Balaban J connectivity index is 4.55. The van der Waals surface area contributed by atoms with Crippen molar-refractivity contribution in [2.24, 2.45) is 11.7 Å². The Morgan fingerprint density at radius 1 is 1.25 bits per heavy atom. The van der Waals surface area contributed by atoms with E-state index < -0.39 is 15.7 Å². The zero-order valence-corrected chi connectivity index (χ0v) is 11.7. The third-order valence-electron chi connectivity index (χ3n) is 2.03. The van der Waals surface area contributed by atoms with Crippen LogP contribution in [-0.2, 0) is 10.2 Å². The van der Waals surface area contributed by atoms with Gasteiger partial charge in [0.2, 0.25) is 0 Å². The Labute approximate surface area is 99.4 Å². The molecule has 0 radical (unpaired) electrons. The molecule has 1 atom stereocenters. The van der Waals surface area contributed by atoms with Gasteiger partial charge in [-0.25, -0.2) is 0 Å². The van der Waals surface area contributed by atoms with Crippen molar-refractivity contribution in [3.8, 4) is 0 Å². The van der Waals surface area contributed by atoms with Gasteiger partial charge in [0.15, 0.2) is 0 Å². The smallest absolute Gasteiger partial charge is 0.277 e. The first-order valence-electron chi connectivity index (χ1n) is 5.58. The van der Waals surface area contributed by atoms with Crippen molar-refractivity contribution in [1.82, 2.24) is 9.44 Å². The molecule has 0 spiro atoms. The molecule has 4 N–H and O–H groups in total. The first kappa shape index (κ1) is 15.8. The summed E-state index contributed by atoms with van der Waals surface area (Å²) >= 11 is 0. The number of nitrogens with one attached hydrogen (secondary N) is 2. The fourth-order valence-corrected chi connectivity index (χ4v) is 2.99. The standard InChI is InChI=1S/C10H25N3O2S/c1-8(2)9(6-7-11)12-16(14,15)13-10(3,4)5/h8-9,12-13H,6-7,11H2,1-5H3. The van der Waals surface area contributed by atoms with Gasteiger partial charge in [-0.05, 0) is 39.7 Å². The molecular formula is C10H25N3O2S. The molecule has 0 rings (SSSR count). The van der Waals surface area contributed by atoms with Crippen molar-refractivity contribution < 1.29 is 8.42 Å². The Bertz CT molecular complexity index is 294. The van der Waals surface area contributed by atoms with Gasteiger partial charge in [-0.2, -0.15) is 17.9 Å². The highest BCUT2D eigenvalue weighted by Crippen LogP contribution is 2.08. The summed E-state index contributed by atoms with van der Waals surface area (Å²) in [7, 11) is -3.46. The minimum atomic E-state index is -3.46. The SMILES string of the molecule is CC(C)C(CCN)NS(=O)(=O)NC(C)(C)C. The first-order chi connectivity index (χ1) is 7.07. The van der Waals surface area contributed by atoms with E-state index in [1.807, 2.05) is 13.8 Å². The van der Waals surface area contributed by atoms with E-state index in [9.17, 15) is 8.42 Å². The van der Waals surface area contributed by atoms with Gasteiger partial charge in [0.1, 0.15) is 0 Å². The third kappa shape index (κ3) is 7.16. The van der Waals surface area contributed by atoms with E-state index in [1.54, 1.807) is 20.8 Å². The van der Waals surface area contributed by atoms with Crippen LogP contribution in [0.4, 0.5) is 0 Å². The van der Waals surface area contributed by atoms with Gasteiger partial charge in [-0.3, -0.25) is 0 Å². The van der Waals surface area contributed by atoms with Crippen molar-refractivity contribution in [3.63, 3.8) is 0 Å². The topological polar surface area (TPSA) is 84.2 Å². The zero-order chi connectivity index (χ0) is 13.0. The Morgan fingerprint density at radius 3 is 2.06 bits per heavy atom. The van der Waals surface area contributed by atoms with E-state index >= 15 is 0 Å². The van der Waals surface area contributed by atoms with E-state index in [-0.39, 0.29) is 12.0 Å². The van der Waals surface area contributed by atoms with E-state index in [2.05, 4.69) is 9.44 Å². The second-order valence-electron chi connectivity index (χ2n) is 5.40. The predicted molar refractivity (Wildman–Crippen MR) is 67.2 cm³/mol. The van der Waals surface area contributed by atoms with Crippen LogP contribution in [0, 0.1) is 5.92 Å². The highest BCUT2D eigenvalue weighted by molar-refractivity contribution is 7.87. The first-order valence-corrected chi connectivity index (χ1v) is 7.07. The average Bonchev–Trinajstić information content (AvgIpc) is 1.97. The lowest BCUT2D eigenvalue weighted by molar-refractivity contribution is 0.414. The number of rotatable bonds is 6. The molecule has 98 valence electrons. The van der Waals surface area contributed by atoms with Crippen LogP contribution >= 0.6 is 0 Å². The Kier molecular flexibility index (Phi) is 5.89. The van der Waals surface area contributed by atoms with E-state index in [1.165, 1.54) is 0 Å². The quantitative estimate of drug-likeness (QED) is 0.645. The number of nitrogens with two attached hydrogens (primary N) is 1. The van der Waals surface area contributed by atoms with Crippen molar-refractivity contribution in [1.29, 1.82) is 0 Å². The molecule has 0 saturated carbocycles. The molecule has 1 unspecified atom stereocenters. The fraction of sp³-hybridized carbons (Fsp3) is 1.00. The maximum atomic E-state index is 11.8. The summed E-state index contributed by atoms with van der Waals surface area (Å²) in [5, 5.41) is 0. The van der Waals surface area contributed by atoms with Gasteiger partial charge < -0.3 is 5.73 Å². The molecule has 0 aliphatic rings. The van der Waals surface area contributed by atoms with Crippen LogP contribution in [-0.4, -0.2) is 26.5 Å². The van der Waals surface area contributed by atoms with Crippen LogP contribution in [0.3, 0.4) is 0 Å². The van der Waals surface area contributed by atoms with Gasteiger partial charge >= 0.3 is 0 Å². The molecule has 6 heteroatoms. The molecule has 0 aliphatic carbocycles. The zero-order valence-electron chi connectivity index (χ0n) is 10.9. The summed E-state index contributed by atoms with van der Waals surface area (Å²) in [5.74, 6) is 0.222. The highest BCUT2D eigenvalue weighted by Gasteiger charge is 2.24. The van der Waals surface area contributed by atoms with Crippen LogP contribution in [0.2, 0.25) is 0 Å². The van der Waals surface area contributed by atoms with E-state index in [0.717, 1.165) is 0 Å². The second kappa shape index (κ2) is 5.95. The average molecular weight is 251 g/mol. The molecular weight excluding hydrogens is 226 g/mol. The van der Waals surface area contributed by atoms with Crippen LogP contribution < -0.4 is 15.2 Å². The summed E-state index contributed by atoms with van der Waals surface area (Å²) in [6, 6.07) is -0.121. The molecule has 0 aromatic rings.